The molecule has 0 spiro atoms. The number of rotatable bonds is 5. The minimum absolute atomic E-state index is 0.107. The van der Waals surface area contributed by atoms with Crippen LogP contribution in [-0.4, -0.2) is 79.1 Å². The molecule has 134 valence electrons. The third-order valence-electron chi connectivity index (χ3n) is 4.31. The molecule has 3 heterocycles. The molecule has 0 amide bonds. The standard InChI is InChI=1S/C15H24N4O4S/c1-13-10-14(17-12-16-13)2-3-15-11-19(6-9-23-15)24(20,21)18-4-7-22-8-5-18/h10,12,15H,2-9,11H2,1H3. The highest BCUT2D eigenvalue weighted by molar-refractivity contribution is 7.86. The van der Waals surface area contributed by atoms with Crippen molar-refractivity contribution in [2.75, 3.05) is 46.0 Å². The molecule has 9 heteroatoms. The summed E-state index contributed by atoms with van der Waals surface area (Å²) >= 11 is 0. The summed E-state index contributed by atoms with van der Waals surface area (Å²) in [6, 6.07) is 1.95. The summed E-state index contributed by atoms with van der Waals surface area (Å²) in [6.07, 6.45) is 2.94. The maximum Gasteiger partial charge on any atom is 0.282 e. The second-order valence-electron chi connectivity index (χ2n) is 6.06. The number of aromatic nitrogens is 2. The van der Waals surface area contributed by atoms with Gasteiger partial charge in [-0.2, -0.15) is 17.0 Å². The normalized spacial score (nSPS) is 24.1. The summed E-state index contributed by atoms with van der Waals surface area (Å²) in [7, 11) is -3.43. The maximum atomic E-state index is 12.7. The zero-order valence-corrected chi connectivity index (χ0v) is 14.7. The van der Waals surface area contributed by atoms with Crippen molar-refractivity contribution < 1.29 is 17.9 Å². The van der Waals surface area contributed by atoms with Gasteiger partial charge in [0.15, 0.2) is 0 Å². The van der Waals surface area contributed by atoms with Crippen LogP contribution in [0, 0.1) is 6.92 Å². The molecular formula is C15H24N4O4S. The molecule has 0 bridgehead atoms. The first-order chi connectivity index (χ1) is 11.6. The Kier molecular flexibility index (Phi) is 5.77. The highest BCUT2D eigenvalue weighted by atomic mass is 32.2. The van der Waals surface area contributed by atoms with Gasteiger partial charge in [0, 0.05) is 37.6 Å². The quantitative estimate of drug-likeness (QED) is 0.738. The molecule has 0 radical (unpaired) electrons. The van der Waals surface area contributed by atoms with Crippen LogP contribution in [0.3, 0.4) is 0 Å². The predicted molar refractivity (Wildman–Crippen MR) is 87.7 cm³/mol. The predicted octanol–water partition coefficient (Wildman–Crippen LogP) is -0.00458. The van der Waals surface area contributed by atoms with Gasteiger partial charge in [0.05, 0.1) is 25.9 Å². The molecule has 2 aliphatic heterocycles. The van der Waals surface area contributed by atoms with Gasteiger partial charge in [0.25, 0.3) is 10.2 Å². The molecule has 2 fully saturated rings. The zero-order chi connectivity index (χ0) is 17.0. The van der Waals surface area contributed by atoms with Crippen molar-refractivity contribution in [2.45, 2.75) is 25.9 Å². The van der Waals surface area contributed by atoms with Gasteiger partial charge in [-0.3, -0.25) is 0 Å². The van der Waals surface area contributed by atoms with Crippen LogP contribution < -0.4 is 0 Å². The van der Waals surface area contributed by atoms with E-state index < -0.39 is 10.2 Å². The van der Waals surface area contributed by atoms with Gasteiger partial charge in [-0.05, 0) is 25.8 Å². The first kappa shape index (κ1) is 17.7. The van der Waals surface area contributed by atoms with Crippen molar-refractivity contribution in [3.8, 4) is 0 Å². The lowest BCUT2D eigenvalue weighted by molar-refractivity contribution is -0.00878. The van der Waals surface area contributed by atoms with Crippen molar-refractivity contribution in [1.82, 2.24) is 18.6 Å². The van der Waals surface area contributed by atoms with E-state index in [1.54, 1.807) is 6.33 Å². The third-order valence-corrected chi connectivity index (χ3v) is 6.31. The van der Waals surface area contributed by atoms with Crippen LogP contribution in [0.15, 0.2) is 12.4 Å². The number of ether oxygens (including phenoxy) is 2. The average molecular weight is 356 g/mol. The Hall–Kier alpha value is -1.13. The molecule has 2 saturated heterocycles. The largest absolute Gasteiger partial charge is 0.379 e. The van der Waals surface area contributed by atoms with E-state index in [0.717, 1.165) is 24.2 Å². The fraction of sp³-hybridized carbons (Fsp3) is 0.733. The Morgan fingerprint density at radius 2 is 1.92 bits per heavy atom. The Labute approximate surface area is 143 Å². The smallest absolute Gasteiger partial charge is 0.282 e. The third kappa shape index (κ3) is 4.28. The van der Waals surface area contributed by atoms with E-state index >= 15 is 0 Å². The van der Waals surface area contributed by atoms with E-state index in [9.17, 15) is 8.42 Å². The van der Waals surface area contributed by atoms with E-state index in [0.29, 0.717) is 46.0 Å². The minimum Gasteiger partial charge on any atom is -0.379 e. The van der Waals surface area contributed by atoms with Crippen LogP contribution in [0.1, 0.15) is 17.8 Å². The zero-order valence-electron chi connectivity index (χ0n) is 13.9. The molecule has 0 aromatic carbocycles. The molecule has 0 saturated carbocycles. The van der Waals surface area contributed by atoms with Crippen molar-refractivity contribution in [1.29, 1.82) is 0 Å². The molecule has 3 rings (SSSR count). The van der Waals surface area contributed by atoms with Gasteiger partial charge in [-0.25, -0.2) is 9.97 Å². The highest BCUT2D eigenvalue weighted by Gasteiger charge is 2.34. The second-order valence-corrected chi connectivity index (χ2v) is 7.99. The van der Waals surface area contributed by atoms with Crippen LogP contribution in [0.2, 0.25) is 0 Å². The molecule has 2 aliphatic rings. The summed E-state index contributed by atoms with van der Waals surface area (Å²) in [6.45, 7) is 4.91. The van der Waals surface area contributed by atoms with Crippen LogP contribution in [0.4, 0.5) is 0 Å². The summed E-state index contributed by atoms with van der Waals surface area (Å²) in [5.74, 6) is 0. The topological polar surface area (TPSA) is 84.9 Å². The lowest BCUT2D eigenvalue weighted by Gasteiger charge is -2.36. The van der Waals surface area contributed by atoms with Gasteiger partial charge < -0.3 is 9.47 Å². The van der Waals surface area contributed by atoms with Crippen LogP contribution >= 0.6 is 0 Å². The SMILES string of the molecule is Cc1cc(CCC2CN(S(=O)(=O)N3CCOCC3)CCO2)ncn1. The first-order valence-corrected chi connectivity index (χ1v) is 9.67. The molecule has 1 atom stereocenters. The van der Waals surface area contributed by atoms with Crippen molar-refractivity contribution in [3.63, 3.8) is 0 Å². The average Bonchev–Trinajstić information content (AvgIpc) is 2.61. The van der Waals surface area contributed by atoms with Crippen LogP contribution in [0.25, 0.3) is 0 Å². The first-order valence-electron chi connectivity index (χ1n) is 8.28. The molecule has 8 nitrogen and oxygen atoms in total. The highest BCUT2D eigenvalue weighted by Crippen LogP contribution is 2.18. The molecule has 1 unspecified atom stereocenters. The Bertz CT molecular complexity index is 649. The lowest BCUT2D eigenvalue weighted by atomic mass is 10.1. The molecule has 1 aromatic rings. The van der Waals surface area contributed by atoms with E-state index in [2.05, 4.69) is 9.97 Å². The number of aryl methyl sites for hydroxylation is 2. The molecular weight excluding hydrogens is 332 g/mol. The van der Waals surface area contributed by atoms with Gasteiger partial charge in [-0.15, -0.1) is 0 Å². The van der Waals surface area contributed by atoms with E-state index in [1.807, 2.05) is 13.0 Å². The summed E-state index contributed by atoms with van der Waals surface area (Å²) < 4.78 is 39.5. The Balaban J connectivity index is 1.57. The summed E-state index contributed by atoms with van der Waals surface area (Å²) in [4.78, 5) is 8.33. The van der Waals surface area contributed by atoms with Crippen molar-refractivity contribution in [3.05, 3.63) is 23.8 Å². The molecule has 1 aromatic heterocycles. The number of hydrogen-bond donors (Lipinski definition) is 0. The van der Waals surface area contributed by atoms with E-state index in [1.165, 1.54) is 8.61 Å². The number of morpholine rings is 2. The van der Waals surface area contributed by atoms with Crippen LogP contribution in [-0.2, 0) is 26.1 Å². The van der Waals surface area contributed by atoms with Gasteiger partial charge in [0.1, 0.15) is 6.33 Å². The van der Waals surface area contributed by atoms with Crippen LogP contribution in [0.5, 0.6) is 0 Å². The molecule has 0 N–H and O–H groups in total. The van der Waals surface area contributed by atoms with Crippen molar-refractivity contribution in [2.24, 2.45) is 0 Å². The maximum absolute atomic E-state index is 12.7. The molecule has 0 aliphatic carbocycles. The van der Waals surface area contributed by atoms with E-state index in [4.69, 9.17) is 9.47 Å². The Morgan fingerprint density at radius 3 is 2.67 bits per heavy atom. The fourth-order valence-electron chi connectivity index (χ4n) is 2.97. The molecule has 24 heavy (non-hydrogen) atoms. The summed E-state index contributed by atoms with van der Waals surface area (Å²) in [5.41, 5.74) is 1.89. The lowest BCUT2D eigenvalue weighted by Crippen LogP contribution is -2.53. The number of nitrogens with zero attached hydrogens (tertiary/aromatic N) is 4. The van der Waals surface area contributed by atoms with Gasteiger partial charge in [-0.1, -0.05) is 0 Å². The van der Waals surface area contributed by atoms with E-state index in [-0.39, 0.29) is 6.10 Å². The monoisotopic (exact) mass is 356 g/mol. The van der Waals surface area contributed by atoms with Gasteiger partial charge >= 0.3 is 0 Å². The fourth-order valence-corrected chi connectivity index (χ4v) is 4.57. The number of hydrogen-bond acceptors (Lipinski definition) is 6. The Morgan fingerprint density at radius 1 is 1.17 bits per heavy atom. The summed E-state index contributed by atoms with van der Waals surface area (Å²) in [5, 5.41) is 0. The minimum atomic E-state index is -3.43. The van der Waals surface area contributed by atoms with Gasteiger partial charge in [0.2, 0.25) is 0 Å². The van der Waals surface area contributed by atoms with Crippen molar-refractivity contribution >= 4 is 10.2 Å². The second kappa shape index (κ2) is 7.83.